The average molecular weight is 380 g/mol. The van der Waals surface area contributed by atoms with Crippen molar-refractivity contribution in [3.63, 3.8) is 0 Å². The number of hydrogen-bond acceptors (Lipinski definition) is 5. The lowest BCUT2D eigenvalue weighted by Crippen LogP contribution is -2.17. The van der Waals surface area contributed by atoms with Crippen molar-refractivity contribution in [2.75, 3.05) is 18.6 Å². The third kappa shape index (κ3) is 4.46. The third-order valence-corrected chi connectivity index (χ3v) is 4.20. The van der Waals surface area contributed by atoms with E-state index in [1.54, 1.807) is 43.6 Å². The summed E-state index contributed by atoms with van der Waals surface area (Å²) < 4.78 is 24.0. The van der Waals surface area contributed by atoms with Crippen LogP contribution in [-0.4, -0.2) is 24.7 Å². The van der Waals surface area contributed by atoms with E-state index in [-0.39, 0.29) is 11.7 Å². The number of ether oxygens (including phenoxy) is 2. The van der Waals surface area contributed by atoms with E-state index in [1.807, 2.05) is 29.2 Å². The fourth-order valence-corrected chi connectivity index (χ4v) is 2.81. The molecular weight excluding hydrogens is 359 g/mol. The van der Waals surface area contributed by atoms with Gasteiger partial charge in [0.1, 0.15) is 0 Å². The van der Waals surface area contributed by atoms with Gasteiger partial charge < -0.3 is 14.4 Å². The van der Waals surface area contributed by atoms with Gasteiger partial charge in [-0.1, -0.05) is 6.07 Å². The van der Waals surface area contributed by atoms with Gasteiger partial charge in [0.2, 0.25) is 0 Å². The van der Waals surface area contributed by atoms with E-state index in [4.69, 9.17) is 9.47 Å². The largest absolute Gasteiger partial charge is 0.494 e. The molecule has 0 saturated carbocycles. The second-order valence-electron chi connectivity index (χ2n) is 6.03. The Hall–Kier alpha value is -3.41. The first-order valence-electron chi connectivity index (χ1n) is 8.89. The summed E-state index contributed by atoms with van der Waals surface area (Å²) in [6, 6.07) is 15.6. The van der Waals surface area contributed by atoms with Crippen LogP contribution in [0.1, 0.15) is 22.8 Å². The minimum absolute atomic E-state index is 0.164. The van der Waals surface area contributed by atoms with E-state index >= 15 is 0 Å². The van der Waals surface area contributed by atoms with Crippen molar-refractivity contribution >= 4 is 17.3 Å². The molecule has 6 heteroatoms. The summed E-state index contributed by atoms with van der Waals surface area (Å²) in [6.45, 7) is 2.61. The highest BCUT2D eigenvalue weighted by atomic mass is 19.1. The highest BCUT2D eigenvalue weighted by molar-refractivity contribution is 5.90. The Kier molecular flexibility index (Phi) is 6.22. The first kappa shape index (κ1) is 19.4. The van der Waals surface area contributed by atoms with Gasteiger partial charge in [0.15, 0.2) is 11.6 Å². The highest BCUT2D eigenvalue weighted by Crippen LogP contribution is 2.31. The lowest BCUT2D eigenvalue weighted by molar-refractivity contribution is 0.0526. The SMILES string of the molecule is CCOC(=O)c1ccc(N(Cc2cccnc2)c2ccc(F)c(OC)c2)cc1. The molecule has 0 N–H and O–H groups in total. The summed E-state index contributed by atoms with van der Waals surface area (Å²) in [4.78, 5) is 18.1. The Bertz CT molecular complexity index is 930. The number of aromatic nitrogens is 1. The first-order valence-corrected chi connectivity index (χ1v) is 8.89. The van der Waals surface area contributed by atoms with Crippen molar-refractivity contribution < 1.29 is 18.7 Å². The smallest absolute Gasteiger partial charge is 0.338 e. The molecular formula is C22H21FN2O3. The molecule has 144 valence electrons. The highest BCUT2D eigenvalue weighted by Gasteiger charge is 2.15. The molecule has 0 spiro atoms. The van der Waals surface area contributed by atoms with Crippen LogP contribution in [0.3, 0.4) is 0 Å². The molecule has 0 radical (unpaired) electrons. The third-order valence-electron chi connectivity index (χ3n) is 4.20. The van der Waals surface area contributed by atoms with Gasteiger partial charge in [-0.15, -0.1) is 0 Å². The average Bonchev–Trinajstić information content (AvgIpc) is 2.73. The summed E-state index contributed by atoms with van der Waals surface area (Å²) in [5, 5.41) is 0. The molecule has 0 atom stereocenters. The normalized spacial score (nSPS) is 10.4. The Morgan fingerprint density at radius 1 is 1.11 bits per heavy atom. The molecule has 0 aliphatic heterocycles. The molecule has 0 unspecified atom stereocenters. The molecule has 3 aromatic rings. The minimum Gasteiger partial charge on any atom is -0.494 e. The summed E-state index contributed by atoms with van der Waals surface area (Å²) in [6.07, 6.45) is 3.49. The lowest BCUT2D eigenvalue weighted by atomic mass is 10.1. The molecule has 0 amide bonds. The van der Waals surface area contributed by atoms with Crippen LogP contribution in [0.5, 0.6) is 5.75 Å². The zero-order valence-corrected chi connectivity index (χ0v) is 15.8. The fourth-order valence-electron chi connectivity index (χ4n) is 2.81. The first-order chi connectivity index (χ1) is 13.6. The number of methoxy groups -OCH3 is 1. The summed E-state index contributed by atoms with van der Waals surface area (Å²) in [7, 11) is 1.43. The number of anilines is 2. The van der Waals surface area contributed by atoms with Crippen molar-refractivity contribution in [3.05, 3.63) is 83.9 Å². The Morgan fingerprint density at radius 2 is 1.86 bits per heavy atom. The number of esters is 1. The molecule has 1 aromatic heterocycles. The van der Waals surface area contributed by atoms with E-state index in [9.17, 15) is 9.18 Å². The maximum Gasteiger partial charge on any atom is 0.338 e. The fraction of sp³-hybridized carbons (Fsp3) is 0.182. The molecule has 5 nitrogen and oxygen atoms in total. The van der Waals surface area contributed by atoms with Gasteiger partial charge in [0.25, 0.3) is 0 Å². The number of carbonyl (C=O) groups excluding carboxylic acids is 1. The van der Waals surface area contributed by atoms with Crippen LogP contribution in [0.15, 0.2) is 67.0 Å². The Balaban J connectivity index is 1.97. The van der Waals surface area contributed by atoms with Gasteiger partial charge in [-0.25, -0.2) is 9.18 Å². The number of rotatable bonds is 7. The molecule has 0 fully saturated rings. The molecule has 28 heavy (non-hydrogen) atoms. The van der Waals surface area contributed by atoms with Crippen molar-refractivity contribution in [1.82, 2.24) is 4.98 Å². The van der Waals surface area contributed by atoms with Crippen LogP contribution in [0.25, 0.3) is 0 Å². The molecule has 2 aromatic carbocycles. The quantitative estimate of drug-likeness (QED) is 0.554. The number of benzene rings is 2. The van der Waals surface area contributed by atoms with Gasteiger partial charge in [0.05, 0.1) is 19.3 Å². The van der Waals surface area contributed by atoms with E-state index in [2.05, 4.69) is 4.98 Å². The van der Waals surface area contributed by atoms with Gasteiger partial charge in [-0.3, -0.25) is 4.98 Å². The molecule has 0 saturated heterocycles. The van der Waals surface area contributed by atoms with E-state index in [1.165, 1.54) is 13.2 Å². The van der Waals surface area contributed by atoms with E-state index in [0.717, 1.165) is 16.9 Å². The van der Waals surface area contributed by atoms with Gasteiger partial charge in [0, 0.05) is 36.4 Å². The number of pyridine rings is 1. The van der Waals surface area contributed by atoms with Gasteiger partial charge >= 0.3 is 5.97 Å². The number of hydrogen-bond donors (Lipinski definition) is 0. The van der Waals surface area contributed by atoms with Crippen LogP contribution < -0.4 is 9.64 Å². The topological polar surface area (TPSA) is 51.7 Å². The van der Waals surface area contributed by atoms with E-state index in [0.29, 0.717) is 18.7 Å². The summed E-state index contributed by atoms with van der Waals surface area (Å²) in [5.74, 6) is -0.627. The zero-order valence-electron chi connectivity index (χ0n) is 15.8. The van der Waals surface area contributed by atoms with Crippen LogP contribution in [0.2, 0.25) is 0 Å². The molecule has 3 rings (SSSR count). The second-order valence-corrected chi connectivity index (χ2v) is 6.03. The van der Waals surface area contributed by atoms with Crippen LogP contribution in [-0.2, 0) is 11.3 Å². The van der Waals surface area contributed by atoms with Gasteiger partial charge in [-0.2, -0.15) is 0 Å². The standard InChI is InChI=1S/C22H21FN2O3/c1-3-28-22(26)17-6-8-18(9-7-17)25(15-16-5-4-12-24-14-16)19-10-11-20(23)21(13-19)27-2/h4-14H,3,15H2,1-2H3. The molecule has 0 bridgehead atoms. The predicted octanol–water partition coefficient (Wildman–Crippen LogP) is 4.74. The molecule has 1 heterocycles. The second kappa shape index (κ2) is 8.99. The zero-order chi connectivity index (χ0) is 19.9. The number of halogens is 1. The maximum absolute atomic E-state index is 13.9. The Morgan fingerprint density at radius 3 is 2.50 bits per heavy atom. The monoisotopic (exact) mass is 380 g/mol. The maximum atomic E-state index is 13.9. The van der Waals surface area contributed by atoms with E-state index < -0.39 is 5.82 Å². The van der Waals surface area contributed by atoms with Crippen molar-refractivity contribution in [2.24, 2.45) is 0 Å². The lowest BCUT2D eigenvalue weighted by Gasteiger charge is -2.26. The van der Waals surface area contributed by atoms with Crippen LogP contribution >= 0.6 is 0 Å². The Labute approximate surface area is 163 Å². The van der Waals surface area contributed by atoms with Crippen LogP contribution in [0, 0.1) is 5.82 Å². The van der Waals surface area contributed by atoms with Gasteiger partial charge in [-0.05, 0) is 55.0 Å². The summed E-state index contributed by atoms with van der Waals surface area (Å²) >= 11 is 0. The molecule has 0 aliphatic carbocycles. The molecule has 0 aliphatic rings. The van der Waals surface area contributed by atoms with Crippen molar-refractivity contribution in [3.8, 4) is 5.75 Å². The predicted molar refractivity (Wildman–Crippen MR) is 105 cm³/mol. The van der Waals surface area contributed by atoms with Crippen molar-refractivity contribution in [2.45, 2.75) is 13.5 Å². The minimum atomic E-state index is -0.426. The number of carbonyl (C=O) groups is 1. The summed E-state index contributed by atoms with van der Waals surface area (Å²) in [5.41, 5.74) is 3.06. The van der Waals surface area contributed by atoms with Crippen molar-refractivity contribution in [1.29, 1.82) is 0 Å². The number of nitrogens with zero attached hydrogens (tertiary/aromatic N) is 2. The van der Waals surface area contributed by atoms with Crippen LogP contribution in [0.4, 0.5) is 15.8 Å².